The second-order valence-corrected chi connectivity index (χ2v) is 12.0. The van der Waals surface area contributed by atoms with Gasteiger partial charge in [0.2, 0.25) is 0 Å². The summed E-state index contributed by atoms with van der Waals surface area (Å²) >= 11 is 6.10. The van der Waals surface area contributed by atoms with Crippen LogP contribution in [0.25, 0.3) is 0 Å². The highest BCUT2D eigenvalue weighted by Crippen LogP contribution is 2.54. The van der Waals surface area contributed by atoms with Crippen molar-refractivity contribution in [2.75, 3.05) is 10.7 Å². The average Bonchev–Trinajstić information content (AvgIpc) is 3.01. The third-order valence-corrected chi connectivity index (χ3v) is 8.62. The lowest BCUT2D eigenvalue weighted by Crippen LogP contribution is -2.39. The molecule has 7 heteroatoms. The van der Waals surface area contributed by atoms with Crippen LogP contribution in [0.1, 0.15) is 44.6 Å². The number of carbonyl (C=O) groups excluding carboxylic acids is 1. The van der Waals surface area contributed by atoms with Gasteiger partial charge in [-0.2, -0.15) is 0 Å². The molecule has 166 valence electrons. The first-order chi connectivity index (χ1) is 15.1. The molecule has 32 heavy (non-hydrogen) atoms. The first kappa shape index (κ1) is 21.4. The minimum Gasteiger partial charge on any atom is -0.316 e. The molecular formula is C25H23ClFNO3S. The largest absolute Gasteiger partial charge is 0.316 e. The van der Waals surface area contributed by atoms with Crippen LogP contribution in [0.4, 0.5) is 10.1 Å². The Balaban J connectivity index is 1.83. The van der Waals surface area contributed by atoms with Crippen LogP contribution >= 0.6 is 11.6 Å². The van der Waals surface area contributed by atoms with Crippen LogP contribution < -0.4 is 4.90 Å². The van der Waals surface area contributed by atoms with E-state index in [4.69, 9.17) is 11.6 Å². The van der Waals surface area contributed by atoms with E-state index in [2.05, 4.69) is 0 Å². The SMILES string of the molecule is CC1(C)CC(=O)C2=C(C1)N(c1ccc(Cl)cc1)C1=C(C2c2cccc(F)c2)S(=O)(=O)CC1. The van der Waals surface area contributed by atoms with Crippen molar-refractivity contribution in [1.29, 1.82) is 0 Å². The van der Waals surface area contributed by atoms with E-state index in [0.717, 1.165) is 11.4 Å². The summed E-state index contributed by atoms with van der Waals surface area (Å²) in [5, 5.41) is 0.575. The molecule has 1 unspecified atom stereocenters. The van der Waals surface area contributed by atoms with Gasteiger partial charge in [-0.1, -0.05) is 37.6 Å². The van der Waals surface area contributed by atoms with Crippen LogP contribution in [-0.2, 0) is 14.6 Å². The molecule has 4 nitrogen and oxygen atoms in total. The van der Waals surface area contributed by atoms with Crippen molar-refractivity contribution in [1.82, 2.24) is 0 Å². The molecule has 2 aromatic carbocycles. The topological polar surface area (TPSA) is 54.5 Å². The van der Waals surface area contributed by atoms with Crippen molar-refractivity contribution >= 4 is 32.9 Å². The zero-order valence-electron chi connectivity index (χ0n) is 17.9. The fourth-order valence-electron chi connectivity index (χ4n) is 5.24. The molecule has 3 aliphatic rings. The number of hydrogen-bond acceptors (Lipinski definition) is 4. The van der Waals surface area contributed by atoms with Gasteiger partial charge >= 0.3 is 0 Å². The van der Waals surface area contributed by atoms with Gasteiger partial charge in [-0.25, -0.2) is 12.8 Å². The van der Waals surface area contributed by atoms with Gasteiger partial charge in [0, 0.05) is 40.5 Å². The van der Waals surface area contributed by atoms with Crippen molar-refractivity contribution in [2.24, 2.45) is 5.41 Å². The molecule has 0 aromatic heterocycles. The maximum absolute atomic E-state index is 14.2. The second kappa shape index (κ2) is 7.29. The summed E-state index contributed by atoms with van der Waals surface area (Å²) in [6, 6.07) is 13.2. The number of halogens is 2. The Kier molecular flexibility index (Phi) is 4.88. The Hall–Kier alpha value is -2.44. The summed E-state index contributed by atoms with van der Waals surface area (Å²) in [6.45, 7) is 4.09. The fourth-order valence-corrected chi connectivity index (χ4v) is 7.21. The van der Waals surface area contributed by atoms with Gasteiger partial charge < -0.3 is 4.90 Å². The summed E-state index contributed by atoms with van der Waals surface area (Å²) < 4.78 is 40.7. The smallest absolute Gasteiger partial charge is 0.177 e. The summed E-state index contributed by atoms with van der Waals surface area (Å²) in [6.07, 6.45) is 1.27. The van der Waals surface area contributed by atoms with Crippen LogP contribution in [0, 0.1) is 11.2 Å². The van der Waals surface area contributed by atoms with Crippen LogP contribution in [0.3, 0.4) is 0 Å². The fraction of sp³-hybridized carbons (Fsp3) is 0.320. The van der Waals surface area contributed by atoms with Gasteiger partial charge in [-0.15, -0.1) is 0 Å². The molecule has 0 fully saturated rings. The quantitative estimate of drug-likeness (QED) is 0.559. The van der Waals surface area contributed by atoms with Gasteiger partial charge in [0.1, 0.15) is 5.82 Å². The third kappa shape index (κ3) is 3.41. The molecule has 0 amide bonds. The maximum atomic E-state index is 14.2. The van der Waals surface area contributed by atoms with E-state index in [1.165, 1.54) is 12.1 Å². The van der Waals surface area contributed by atoms with E-state index >= 15 is 0 Å². The number of sulfone groups is 1. The number of carbonyl (C=O) groups is 1. The number of nitrogens with zero attached hydrogens (tertiary/aromatic N) is 1. The molecule has 0 saturated carbocycles. The number of rotatable bonds is 2. The summed E-state index contributed by atoms with van der Waals surface area (Å²) in [5.41, 5.74) is 2.94. The first-order valence-corrected chi connectivity index (χ1v) is 12.6. The molecule has 0 N–H and O–H groups in total. The van der Waals surface area contributed by atoms with Crippen molar-refractivity contribution in [3.63, 3.8) is 0 Å². The zero-order valence-corrected chi connectivity index (χ0v) is 19.4. The lowest BCUT2D eigenvalue weighted by molar-refractivity contribution is -0.118. The average molecular weight is 472 g/mol. The predicted octanol–water partition coefficient (Wildman–Crippen LogP) is 5.76. The molecule has 0 bridgehead atoms. The van der Waals surface area contributed by atoms with Gasteiger partial charge in [0.05, 0.1) is 16.6 Å². The number of anilines is 1. The molecule has 2 aromatic rings. The van der Waals surface area contributed by atoms with E-state index in [0.29, 0.717) is 41.1 Å². The van der Waals surface area contributed by atoms with Crippen molar-refractivity contribution in [3.8, 4) is 0 Å². The maximum Gasteiger partial charge on any atom is 0.177 e. The Morgan fingerprint density at radius 3 is 2.47 bits per heavy atom. The molecule has 0 saturated heterocycles. The standard InChI is InChI=1S/C25H23ClFNO3S/c1-25(2)13-20-23(21(29)14-25)22(15-4-3-5-17(27)12-15)24-19(10-11-32(24,30)31)28(20)18-8-6-16(26)7-9-18/h3-9,12,22H,10-11,13-14H2,1-2H3. The van der Waals surface area contributed by atoms with Crippen molar-refractivity contribution in [3.05, 3.63) is 86.8 Å². The Bertz CT molecular complexity index is 1310. The monoisotopic (exact) mass is 471 g/mol. The van der Waals surface area contributed by atoms with Gasteiger partial charge in [0.15, 0.2) is 15.6 Å². The highest BCUT2D eigenvalue weighted by molar-refractivity contribution is 7.95. The summed E-state index contributed by atoms with van der Waals surface area (Å²) in [7, 11) is -3.61. The number of allylic oxidation sites excluding steroid dienone is 4. The van der Waals surface area contributed by atoms with Crippen LogP contribution in [-0.4, -0.2) is 20.0 Å². The lowest BCUT2D eigenvalue weighted by Gasteiger charge is -2.44. The second-order valence-electron chi connectivity index (χ2n) is 9.48. The highest BCUT2D eigenvalue weighted by Gasteiger charge is 2.50. The van der Waals surface area contributed by atoms with Crippen LogP contribution in [0.2, 0.25) is 5.02 Å². The molecule has 1 atom stereocenters. The zero-order chi connectivity index (χ0) is 22.8. The normalized spacial score (nSPS) is 23.9. The number of Topliss-reactive ketones (excluding diaryl/α,β-unsaturated/α-hetero) is 1. The van der Waals surface area contributed by atoms with Crippen LogP contribution in [0.5, 0.6) is 0 Å². The Morgan fingerprint density at radius 2 is 1.78 bits per heavy atom. The molecule has 0 radical (unpaired) electrons. The van der Waals surface area contributed by atoms with Gasteiger partial charge in [-0.05, 0) is 53.8 Å². The van der Waals surface area contributed by atoms with Crippen LogP contribution in [0.15, 0.2) is 70.4 Å². The molecule has 1 aliphatic carbocycles. The minimum atomic E-state index is -3.61. The first-order valence-electron chi connectivity index (χ1n) is 10.6. The third-order valence-electron chi connectivity index (χ3n) is 6.48. The number of benzene rings is 2. The molecule has 5 rings (SSSR count). The Morgan fingerprint density at radius 1 is 1.06 bits per heavy atom. The van der Waals surface area contributed by atoms with E-state index in [1.54, 1.807) is 24.3 Å². The van der Waals surface area contributed by atoms with Crippen molar-refractivity contribution in [2.45, 2.75) is 39.0 Å². The number of hydrogen-bond donors (Lipinski definition) is 0. The highest BCUT2D eigenvalue weighted by atomic mass is 35.5. The van der Waals surface area contributed by atoms with Gasteiger partial charge in [0.25, 0.3) is 0 Å². The van der Waals surface area contributed by atoms with Crippen molar-refractivity contribution < 1.29 is 17.6 Å². The summed E-state index contributed by atoms with van der Waals surface area (Å²) in [5.74, 6) is -1.34. The Labute approximate surface area is 192 Å². The van der Waals surface area contributed by atoms with Gasteiger partial charge in [-0.3, -0.25) is 4.79 Å². The minimum absolute atomic E-state index is 0.0221. The molecule has 0 spiro atoms. The van der Waals surface area contributed by atoms with E-state index in [-0.39, 0.29) is 21.9 Å². The molecule has 2 aliphatic heterocycles. The number of ketones is 1. The predicted molar refractivity (Wildman–Crippen MR) is 124 cm³/mol. The van der Waals surface area contributed by atoms with E-state index < -0.39 is 21.6 Å². The van der Waals surface area contributed by atoms with E-state index in [1.807, 2.05) is 30.9 Å². The van der Waals surface area contributed by atoms with E-state index in [9.17, 15) is 17.6 Å². The molecular weight excluding hydrogens is 449 g/mol. The summed E-state index contributed by atoms with van der Waals surface area (Å²) in [4.78, 5) is 15.7. The lowest BCUT2D eigenvalue weighted by atomic mass is 9.70. The molecule has 2 heterocycles.